The van der Waals surface area contributed by atoms with E-state index in [1.165, 1.54) is 0 Å². The van der Waals surface area contributed by atoms with Crippen LogP contribution in [-0.2, 0) is 27.2 Å². The van der Waals surface area contributed by atoms with Gasteiger partial charge in [0.05, 0.1) is 0 Å². The Kier molecular flexibility index (Phi) is 6.02. The molecule has 0 aliphatic rings. The number of carboxylic acids is 1. The summed E-state index contributed by atoms with van der Waals surface area (Å²) in [5.74, 6) is -1.42. The fourth-order valence-electron chi connectivity index (χ4n) is 1.81. The molecule has 0 radical (unpaired) electrons. The molecular weight excluding hydrogens is 246 g/mol. The van der Waals surface area contributed by atoms with Gasteiger partial charge in [0.25, 0.3) is 0 Å². The van der Waals surface area contributed by atoms with Gasteiger partial charge in [0, 0.05) is 5.69 Å². The number of aliphatic carboxylic acids is 1. The van der Waals surface area contributed by atoms with E-state index in [4.69, 9.17) is 9.84 Å². The Morgan fingerprint density at radius 2 is 1.74 bits per heavy atom. The lowest BCUT2D eigenvalue weighted by atomic mass is 10.0. The maximum absolute atomic E-state index is 11.7. The zero-order valence-corrected chi connectivity index (χ0v) is 11.2. The Morgan fingerprint density at radius 1 is 1.16 bits per heavy atom. The first-order valence-corrected chi connectivity index (χ1v) is 6.28. The molecule has 0 bridgehead atoms. The minimum atomic E-state index is -1.09. The quantitative estimate of drug-likeness (QED) is 0.789. The summed E-state index contributed by atoms with van der Waals surface area (Å²) in [7, 11) is 0. The van der Waals surface area contributed by atoms with Gasteiger partial charge in [-0.25, -0.2) is 4.79 Å². The molecule has 5 nitrogen and oxygen atoms in total. The van der Waals surface area contributed by atoms with Gasteiger partial charge in [0.1, 0.15) is 13.2 Å². The summed E-state index contributed by atoms with van der Waals surface area (Å²) in [6.07, 6.45) is 1.64. The highest BCUT2D eigenvalue weighted by molar-refractivity contribution is 5.93. The summed E-state index contributed by atoms with van der Waals surface area (Å²) in [5, 5.41) is 11.2. The van der Waals surface area contributed by atoms with Gasteiger partial charge in [-0.3, -0.25) is 4.79 Å². The van der Waals surface area contributed by atoms with Crippen LogP contribution in [-0.4, -0.2) is 30.2 Å². The van der Waals surface area contributed by atoms with Crippen molar-refractivity contribution < 1.29 is 19.4 Å². The largest absolute Gasteiger partial charge is 0.480 e. The summed E-state index contributed by atoms with van der Waals surface area (Å²) in [6, 6.07) is 5.90. The van der Waals surface area contributed by atoms with Gasteiger partial charge in [-0.05, 0) is 24.0 Å². The molecule has 2 N–H and O–H groups in total. The van der Waals surface area contributed by atoms with Gasteiger partial charge in [-0.15, -0.1) is 0 Å². The van der Waals surface area contributed by atoms with Crippen molar-refractivity contribution in [2.75, 3.05) is 18.5 Å². The summed E-state index contributed by atoms with van der Waals surface area (Å²) in [6.45, 7) is 3.31. The lowest BCUT2D eigenvalue weighted by Gasteiger charge is -2.14. The molecule has 104 valence electrons. The number of benzene rings is 1. The third-order valence-corrected chi connectivity index (χ3v) is 2.72. The maximum Gasteiger partial charge on any atom is 0.329 e. The second-order valence-electron chi connectivity index (χ2n) is 4.09. The van der Waals surface area contributed by atoms with Crippen LogP contribution in [0, 0.1) is 0 Å². The van der Waals surface area contributed by atoms with Crippen LogP contribution in [0.3, 0.4) is 0 Å². The van der Waals surface area contributed by atoms with Crippen molar-refractivity contribution in [3.63, 3.8) is 0 Å². The van der Waals surface area contributed by atoms with Crippen molar-refractivity contribution in [3.05, 3.63) is 29.3 Å². The monoisotopic (exact) mass is 265 g/mol. The van der Waals surface area contributed by atoms with Gasteiger partial charge < -0.3 is 15.2 Å². The number of para-hydroxylation sites is 1. The van der Waals surface area contributed by atoms with Crippen LogP contribution in [0.15, 0.2) is 18.2 Å². The molecule has 1 aromatic carbocycles. The topological polar surface area (TPSA) is 75.6 Å². The number of hydrogen-bond donors (Lipinski definition) is 2. The number of aryl methyl sites for hydroxylation is 2. The highest BCUT2D eigenvalue weighted by Gasteiger charge is 2.10. The lowest BCUT2D eigenvalue weighted by Crippen LogP contribution is -2.22. The van der Waals surface area contributed by atoms with Crippen LogP contribution in [0.2, 0.25) is 0 Å². The summed E-state index contributed by atoms with van der Waals surface area (Å²) in [4.78, 5) is 22.0. The zero-order valence-electron chi connectivity index (χ0n) is 11.2. The third kappa shape index (κ3) is 4.71. The van der Waals surface area contributed by atoms with Crippen molar-refractivity contribution in [3.8, 4) is 0 Å². The van der Waals surface area contributed by atoms with E-state index in [1.54, 1.807) is 0 Å². The maximum atomic E-state index is 11.7. The van der Waals surface area contributed by atoms with E-state index in [0.717, 1.165) is 29.7 Å². The van der Waals surface area contributed by atoms with Gasteiger partial charge >= 0.3 is 5.97 Å². The number of anilines is 1. The van der Waals surface area contributed by atoms with E-state index >= 15 is 0 Å². The van der Waals surface area contributed by atoms with E-state index in [1.807, 2.05) is 32.0 Å². The summed E-state index contributed by atoms with van der Waals surface area (Å²) in [5.41, 5.74) is 2.94. The first kappa shape index (κ1) is 15.2. The first-order valence-electron chi connectivity index (χ1n) is 6.28. The Hall–Kier alpha value is -1.88. The number of carbonyl (C=O) groups excluding carboxylic acids is 1. The highest BCUT2D eigenvalue weighted by Crippen LogP contribution is 2.22. The smallest absolute Gasteiger partial charge is 0.329 e. The Morgan fingerprint density at radius 3 is 2.21 bits per heavy atom. The molecule has 5 heteroatoms. The molecule has 0 fully saturated rings. The molecule has 0 aliphatic carbocycles. The fraction of sp³-hybridized carbons (Fsp3) is 0.429. The van der Waals surface area contributed by atoms with E-state index in [0.29, 0.717) is 0 Å². The van der Waals surface area contributed by atoms with Crippen LogP contribution in [0.25, 0.3) is 0 Å². The number of nitrogens with one attached hydrogen (secondary N) is 1. The van der Waals surface area contributed by atoms with Crippen LogP contribution < -0.4 is 5.32 Å². The van der Waals surface area contributed by atoms with E-state index in [9.17, 15) is 9.59 Å². The van der Waals surface area contributed by atoms with Gasteiger partial charge in [0.15, 0.2) is 0 Å². The standard InChI is InChI=1S/C14H19NO4/c1-3-10-6-5-7-11(4-2)14(10)15-12(16)8-19-9-13(17)18/h5-7H,3-4,8-9H2,1-2H3,(H,15,16)(H,17,18). The number of hydrogen-bond acceptors (Lipinski definition) is 3. The lowest BCUT2D eigenvalue weighted by molar-refractivity contribution is -0.143. The number of rotatable bonds is 7. The van der Waals surface area contributed by atoms with Crippen molar-refractivity contribution in [1.82, 2.24) is 0 Å². The van der Waals surface area contributed by atoms with E-state index < -0.39 is 12.6 Å². The first-order chi connectivity index (χ1) is 9.08. The van der Waals surface area contributed by atoms with Crippen LogP contribution in [0.5, 0.6) is 0 Å². The number of ether oxygens (including phenoxy) is 1. The fourth-order valence-corrected chi connectivity index (χ4v) is 1.81. The molecule has 0 saturated heterocycles. The molecule has 1 amide bonds. The predicted molar refractivity (Wildman–Crippen MR) is 72.3 cm³/mol. The van der Waals surface area contributed by atoms with Crippen LogP contribution in [0.1, 0.15) is 25.0 Å². The molecule has 0 unspecified atom stereocenters. The summed E-state index contributed by atoms with van der Waals surface area (Å²) < 4.78 is 4.76. The zero-order chi connectivity index (χ0) is 14.3. The van der Waals surface area contributed by atoms with Gasteiger partial charge in [-0.2, -0.15) is 0 Å². The predicted octanol–water partition coefficient (Wildman–Crippen LogP) is 1.85. The molecule has 19 heavy (non-hydrogen) atoms. The van der Waals surface area contributed by atoms with Crippen molar-refractivity contribution in [1.29, 1.82) is 0 Å². The van der Waals surface area contributed by atoms with Crippen LogP contribution >= 0.6 is 0 Å². The van der Waals surface area contributed by atoms with Gasteiger partial charge in [0.2, 0.25) is 5.91 Å². The van der Waals surface area contributed by atoms with E-state index in [2.05, 4.69) is 5.32 Å². The van der Waals surface area contributed by atoms with Crippen LogP contribution in [0.4, 0.5) is 5.69 Å². The molecule has 1 rings (SSSR count). The number of carboxylic acid groups (broad SMARTS) is 1. The number of carbonyl (C=O) groups is 2. The highest BCUT2D eigenvalue weighted by atomic mass is 16.5. The Labute approximate surface area is 112 Å². The SMILES string of the molecule is CCc1cccc(CC)c1NC(=O)COCC(=O)O. The Bertz CT molecular complexity index is 435. The molecule has 0 heterocycles. The Balaban J connectivity index is 2.69. The van der Waals surface area contributed by atoms with Crippen molar-refractivity contribution in [2.45, 2.75) is 26.7 Å². The van der Waals surface area contributed by atoms with Crippen molar-refractivity contribution in [2.24, 2.45) is 0 Å². The second kappa shape index (κ2) is 7.53. The third-order valence-electron chi connectivity index (χ3n) is 2.72. The van der Waals surface area contributed by atoms with Crippen molar-refractivity contribution >= 4 is 17.6 Å². The molecule has 0 aromatic heterocycles. The average molecular weight is 265 g/mol. The average Bonchev–Trinajstić information content (AvgIpc) is 2.38. The van der Waals surface area contributed by atoms with E-state index in [-0.39, 0.29) is 12.5 Å². The molecular formula is C14H19NO4. The summed E-state index contributed by atoms with van der Waals surface area (Å²) >= 11 is 0. The normalized spacial score (nSPS) is 10.2. The molecule has 0 saturated carbocycles. The molecule has 0 aliphatic heterocycles. The molecule has 0 spiro atoms. The minimum absolute atomic E-state index is 0.256. The molecule has 1 aromatic rings. The number of amides is 1. The minimum Gasteiger partial charge on any atom is -0.480 e. The second-order valence-corrected chi connectivity index (χ2v) is 4.09. The van der Waals surface area contributed by atoms with Gasteiger partial charge in [-0.1, -0.05) is 32.0 Å². The molecule has 0 atom stereocenters.